The Morgan fingerprint density at radius 3 is 2.95 bits per heavy atom. The molecule has 0 bridgehead atoms. The molecule has 0 atom stereocenters. The Balaban J connectivity index is 1.76. The summed E-state index contributed by atoms with van der Waals surface area (Å²) in [5, 5.41) is 6.63. The first-order chi connectivity index (χ1) is 10.2. The highest BCUT2D eigenvalue weighted by Crippen LogP contribution is 2.22. The molecule has 6 heteroatoms. The number of ether oxygens (including phenoxy) is 1. The predicted molar refractivity (Wildman–Crippen MR) is 87.4 cm³/mol. The number of benzene rings is 1. The van der Waals surface area contributed by atoms with Crippen LogP contribution in [0, 0.1) is 0 Å². The Morgan fingerprint density at radius 1 is 1.48 bits per heavy atom. The van der Waals surface area contributed by atoms with Gasteiger partial charge in [-0.15, -0.1) is 11.8 Å². The van der Waals surface area contributed by atoms with E-state index in [1.807, 2.05) is 18.4 Å². The standard InChI is InChI=1S/C15H21ClN2O2S/c1-21-12-2-3-14(16)13(10-12)15(19)18-8-9-20-11-4-6-17-7-5-11/h2-3,10-11,17H,4-9H2,1H3,(H,18,19). The zero-order chi connectivity index (χ0) is 15.1. The second kappa shape index (κ2) is 8.63. The zero-order valence-electron chi connectivity index (χ0n) is 12.2. The van der Waals surface area contributed by atoms with Crippen LogP contribution in [0.4, 0.5) is 0 Å². The highest BCUT2D eigenvalue weighted by Gasteiger charge is 2.14. The van der Waals surface area contributed by atoms with E-state index in [1.165, 1.54) is 0 Å². The minimum Gasteiger partial charge on any atom is -0.376 e. The lowest BCUT2D eigenvalue weighted by molar-refractivity contribution is 0.0343. The van der Waals surface area contributed by atoms with E-state index < -0.39 is 0 Å². The van der Waals surface area contributed by atoms with Gasteiger partial charge in [0.25, 0.3) is 5.91 Å². The van der Waals surface area contributed by atoms with E-state index in [4.69, 9.17) is 16.3 Å². The molecule has 1 amide bonds. The van der Waals surface area contributed by atoms with Crippen LogP contribution in [-0.2, 0) is 4.74 Å². The molecular weight excluding hydrogens is 308 g/mol. The quantitative estimate of drug-likeness (QED) is 0.622. The molecule has 2 rings (SSSR count). The zero-order valence-corrected chi connectivity index (χ0v) is 13.7. The van der Waals surface area contributed by atoms with Crippen molar-refractivity contribution in [1.82, 2.24) is 10.6 Å². The molecule has 0 radical (unpaired) electrons. The molecule has 2 N–H and O–H groups in total. The van der Waals surface area contributed by atoms with Crippen molar-refractivity contribution < 1.29 is 9.53 Å². The van der Waals surface area contributed by atoms with Gasteiger partial charge in [0.2, 0.25) is 0 Å². The van der Waals surface area contributed by atoms with Gasteiger partial charge in [0, 0.05) is 11.4 Å². The summed E-state index contributed by atoms with van der Waals surface area (Å²) in [6.45, 7) is 3.06. The summed E-state index contributed by atoms with van der Waals surface area (Å²) in [5.74, 6) is -0.148. The average molecular weight is 329 g/mol. The number of halogens is 1. The first-order valence-electron chi connectivity index (χ1n) is 7.15. The van der Waals surface area contributed by atoms with Gasteiger partial charge in [-0.3, -0.25) is 4.79 Å². The maximum atomic E-state index is 12.1. The topological polar surface area (TPSA) is 50.4 Å². The van der Waals surface area contributed by atoms with Crippen LogP contribution in [-0.4, -0.2) is 44.5 Å². The van der Waals surface area contributed by atoms with Crippen LogP contribution in [0.5, 0.6) is 0 Å². The summed E-state index contributed by atoms with van der Waals surface area (Å²) in [5.41, 5.74) is 0.519. The number of piperidine rings is 1. The molecule has 1 saturated heterocycles. The van der Waals surface area contributed by atoms with Crippen molar-refractivity contribution in [2.75, 3.05) is 32.5 Å². The summed E-state index contributed by atoms with van der Waals surface area (Å²) >= 11 is 7.66. The van der Waals surface area contributed by atoms with Gasteiger partial charge < -0.3 is 15.4 Å². The van der Waals surface area contributed by atoms with Crippen LogP contribution in [0.3, 0.4) is 0 Å². The Labute approximate surface area is 135 Å². The highest BCUT2D eigenvalue weighted by molar-refractivity contribution is 7.98. The van der Waals surface area contributed by atoms with Gasteiger partial charge in [-0.05, 0) is 50.4 Å². The van der Waals surface area contributed by atoms with Crippen LogP contribution >= 0.6 is 23.4 Å². The van der Waals surface area contributed by atoms with Crippen molar-refractivity contribution in [3.63, 3.8) is 0 Å². The third kappa shape index (κ3) is 5.18. The van der Waals surface area contributed by atoms with Crippen LogP contribution in [0.2, 0.25) is 5.02 Å². The minimum atomic E-state index is -0.148. The molecule has 1 aromatic carbocycles. The molecule has 21 heavy (non-hydrogen) atoms. The third-order valence-corrected chi connectivity index (χ3v) is 4.50. The predicted octanol–water partition coefficient (Wildman–Crippen LogP) is 2.56. The second-order valence-electron chi connectivity index (χ2n) is 4.92. The van der Waals surface area contributed by atoms with Gasteiger partial charge in [0.1, 0.15) is 0 Å². The van der Waals surface area contributed by atoms with E-state index in [-0.39, 0.29) is 5.91 Å². The first kappa shape index (κ1) is 16.6. The third-order valence-electron chi connectivity index (χ3n) is 3.45. The van der Waals surface area contributed by atoms with Gasteiger partial charge >= 0.3 is 0 Å². The lowest BCUT2D eigenvalue weighted by Gasteiger charge is -2.22. The number of carbonyl (C=O) groups excluding carboxylic acids is 1. The number of hydrogen-bond acceptors (Lipinski definition) is 4. The highest BCUT2D eigenvalue weighted by atomic mass is 35.5. The summed E-state index contributed by atoms with van der Waals surface area (Å²) < 4.78 is 5.75. The van der Waals surface area contributed by atoms with Crippen LogP contribution in [0.15, 0.2) is 23.1 Å². The summed E-state index contributed by atoms with van der Waals surface area (Å²) in [6.07, 6.45) is 4.36. The normalized spacial score (nSPS) is 15.9. The Bertz CT molecular complexity index is 479. The summed E-state index contributed by atoms with van der Waals surface area (Å²) in [7, 11) is 0. The van der Waals surface area contributed by atoms with Crippen molar-refractivity contribution in [2.24, 2.45) is 0 Å². The smallest absolute Gasteiger partial charge is 0.252 e. The molecule has 0 spiro atoms. The Hall–Kier alpha value is -0.750. The van der Waals surface area contributed by atoms with Gasteiger partial charge in [-0.2, -0.15) is 0 Å². The summed E-state index contributed by atoms with van der Waals surface area (Å²) in [4.78, 5) is 13.1. The fourth-order valence-corrected chi connectivity index (χ4v) is 2.90. The molecule has 1 aliphatic rings. The minimum absolute atomic E-state index is 0.148. The number of amides is 1. The second-order valence-corrected chi connectivity index (χ2v) is 6.21. The van der Waals surface area contributed by atoms with Gasteiger partial charge in [-0.1, -0.05) is 11.6 Å². The summed E-state index contributed by atoms with van der Waals surface area (Å²) in [6, 6.07) is 5.48. The van der Waals surface area contributed by atoms with E-state index in [0.717, 1.165) is 30.8 Å². The lowest BCUT2D eigenvalue weighted by Crippen LogP contribution is -2.34. The Morgan fingerprint density at radius 2 is 2.24 bits per heavy atom. The number of thioether (sulfide) groups is 1. The molecule has 1 fully saturated rings. The molecule has 0 aromatic heterocycles. The number of carbonyl (C=O) groups is 1. The molecule has 0 saturated carbocycles. The van der Waals surface area contributed by atoms with Crippen LogP contribution < -0.4 is 10.6 Å². The van der Waals surface area contributed by atoms with E-state index >= 15 is 0 Å². The van der Waals surface area contributed by atoms with Crippen LogP contribution in [0.1, 0.15) is 23.2 Å². The molecular formula is C15H21ClN2O2S. The molecule has 1 aromatic rings. The molecule has 4 nitrogen and oxygen atoms in total. The fraction of sp³-hybridized carbons (Fsp3) is 0.533. The molecule has 0 unspecified atom stereocenters. The van der Waals surface area contributed by atoms with Gasteiger partial charge in [-0.25, -0.2) is 0 Å². The monoisotopic (exact) mass is 328 g/mol. The maximum Gasteiger partial charge on any atom is 0.252 e. The van der Waals surface area contributed by atoms with Gasteiger partial charge in [0.05, 0.1) is 23.3 Å². The van der Waals surface area contributed by atoms with E-state index in [2.05, 4.69) is 10.6 Å². The molecule has 1 heterocycles. The maximum absolute atomic E-state index is 12.1. The van der Waals surface area contributed by atoms with Crippen molar-refractivity contribution in [2.45, 2.75) is 23.8 Å². The average Bonchev–Trinajstić information content (AvgIpc) is 2.53. The largest absolute Gasteiger partial charge is 0.376 e. The van der Waals surface area contributed by atoms with Crippen molar-refractivity contribution >= 4 is 29.3 Å². The lowest BCUT2D eigenvalue weighted by atomic mass is 10.1. The first-order valence-corrected chi connectivity index (χ1v) is 8.75. The van der Waals surface area contributed by atoms with Crippen LogP contribution in [0.25, 0.3) is 0 Å². The number of rotatable bonds is 6. The van der Waals surface area contributed by atoms with E-state index in [1.54, 1.807) is 17.8 Å². The van der Waals surface area contributed by atoms with Crippen molar-refractivity contribution in [1.29, 1.82) is 0 Å². The molecule has 0 aliphatic carbocycles. The van der Waals surface area contributed by atoms with E-state index in [9.17, 15) is 4.79 Å². The van der Waals surface area contributed by atoms with E-state index in [0.29, 0.717) is 29.8 Å². The number of hydrogen-bond donors (Lipinski definition) is 2. The molecule has 116 valence electrons. The number of nitrogens with one attached hydrogen (secondary N) is 2. The van der Waals surface area contributed by atoms with Crippen molar-refractivity contribution in [3.8, 4) is 0 Å². The SMILES string of the molecule is CSc1ccc(Cl)c(C(=O)NCCOC2CCNCC2)c1. The van der Waals surface area contributed by atoms with Gasteiger partial charge in [0.15, 0.2) is 0 Å². The fourth-order valence-electron chi connectivity index (χ4n) is 2.25. The molecule has 1 aliphatic heterocycles. The Kier molecular flexibility index (Phi) is 6.83. The van der Waals surface area contributed by atoms with Crippen molar-refractivity contribution in [3.05, 3.63) is 28.8 Å².